The van der Waals surface area contributed by atoms with E-state index in [0.29, 0.717) is 19.4 Å². The summed E-state index contributed by atoms with van der Waals surface area (Å²) >= 11 is 0. The minimum atomic E-state index is -4.02. The van der Waals surface area contributed by atoms with E-state index in [1.165, 1.54) is 18.3 Å². The Balaban J connectivity index is 2.09. The first-order valence-corrected chi connectivity index (χ1v) is 10.3. The maximum atomic E-state index is 12.8. The Hall–Kier alpha value is -2.33. The van der Waals surface area contributed by atoms with Crippen LogP contribution in [-0.2, 0) is 24.2 Å². The first-order valence-electron chi connectivity index (χ1n) is 8.74. The van der Waals surface area contributed by atoms with Crippen molar-refractivity contribution in [3.8, 4) is 0 Å². The summed E-state index contributed by atoms with van der Waals surface area (Å²) in [5, 5.41) is 3.68. The van der Waals surface area contributed by atoms with Crippen molar-refractivity contribution in [3.05, 3.63) is 24.4 Å². The SMILES string of the molecule is CC(CCC(=O)NC1CCCN[C@@H](S(=O)(=O)c2ccccn2)C1=O)C(N)=O. The van der Waals surface area contributed by atoms with Gasteiger partial charge in [0.2, 0.25) is 21.7 Å². The number of hydrogen-bond donors (Lipinski definition) is 3. The summed E-state index contributed by atoms with van der Waals surface area (Å²) in [6.07, 6.45) is 2.49. The molecule has 2 rings (SSSR count). The van der Waals surface area contributed by atoms with Gasteiger partial charge >= 0.3 is 0 Å². The zero-order valence-electron chi connectivity index (χ0n) is 15.1. The molecule has 27 heavy (non-hydrogen) atoms. The van der Waals surface area contributed by atoms with Gasteiger partial charge in [0.05, 0.1) is 6.04 Å². The van der Waals surface area contributed by atoms with Crippen LogP contribution in [0.15, 0.2) is 29.4 Å². The number of hydrogen-bond acceptors (Lipinski definition) is 7. The predicted molar refractivity (Wildman–Crippen MR) is 97.0 cm³/mol. The number of amides is 2. The maximum absolute atomic E-state index is 12.8. The number of nitrogens with one attached hydrogen (secondary N) is 2. The first kappa shape index (κ1) is 21.0. The summed E-state index contributed by atoms with van der Waals surface area (Å²) in [4.78, 5) is 39.8. The monoisotopic (exact) mass is 396 g/mol. The van der Waals surface area contributed by atoms with E-state index < -0.39 is 44.8 Å². The molecule has 0 aliphatic carbocycles. The Labute approximate surface area is 158 Å². The van der Waals surface area contributed by atoms with Crippen molar-refractivity contribution >= 4 is 27.4 Å². The van der Waals surface area contributed by atoms with E-state index >= 15 is 0 Å². The summed E-state index contributed by atoms with van der Waals surface area (Å²) in [7, 11) is -4.02. The second-order valence-electron chi connectivity index (χ2n) is 6.55. The Morgan fingerprint density at radius 2 is 2.15 bits per heavy atom. The van der Waals surface area contributed by atoms with Gasteiger partial charge in [0.15, 0.2) is 16.2 Å². The van der Waals surface area contributed by atoms with Crippen molar-refractivity contribution < 1.29 is 22.8 Å². The quantitative estimate of drug-likeness (QED) is 0.563. The molecule has 0 aromatic carbocycles. The molecular weight excluding hydrogens is 372 g/mol. The number of aromatic nitrogens is 1. The lowest BCUT2D eigenvalue weighted by Gasteiger charge is -2.20. The Kier molecular flexibility index (Phi) is 7.03. The highest BCUT2D eigenvalue weighted by Gasteiger charge is 2.40. The maximum Gasteiger partial charge on any atom is 0.220 e. The molecule has 2 amide bonds. The highest BCUT2D eigenvalue weighted by Crippen LogP contribution is 2.18. The standard InChI is InChI=1S/C17H24N4O5S/c1-11(16(18)24)7-8-13(22)21-12-5-4-10-20-17(15(12)23)27(25,26)14-6-2-3-9-19-14/h2-3,6,9,11-12,17,20H,4-5,7-8,10H2,1H3,(H2,18,24)(H,21,22)/t11?,12?,17-/m0/s1. The molecule has 1 aromatic rings. The van der Waals surface area contributed by atoms with Gasteiger partial charge in [-0.1, -0.05) is 13.0 Å². The molecule has 9 nitrogen and oxygen atoms in total. The van der Waals surface area contributed by atoms with Crippen molar-refractivity contribution in [3.63, 3.8) is 0 Å². The van der Waals surface area contributed by atoms with Gasteiger partial charge in [0, 0.05) is 18.5 Å². The summed E-state index contributed by atoms with van der Waals surface area (Å²) in [6.45, 7) is 1.94. The molecule has 0 bridgehead atoms. The first-order chi connectivity index (χ1) is 12.7. The zero-order valence-corrected chi connectivity index (χ0v) is 15.9. The Bertz CT molecular complexity index is 797. The fraction of sp³-hybridized carbons (Fsp3) is 0.529. The van der Waals surface area contributed by atoms with Crippen molar-refractivity contribution in [2.75, 3.05) is 6.54 Å². The predicted octanol–water partition coefficient (Wildman–Crippen LogP) is -0.480. The van der Waals surface area contributed by atoms with Crippen LogP contribution in [0.3, 0.4) is 0 Å². The fourth-order valence-corrected chi connectivity index (χ4v) is 4.29. The lowest BCUT2D eigenvalue weighted by Crippen LogP contribution is -2.51. The number of rotatable bonds is 7. The third-order valence-corrected chi connectivity index (χ3v) is 6.31. The summed E-state index contributed by atoms with van der Waals surface area (Å²) in [5.41, 5.74) is 5.16. The molecule has 2 heterocycles. The van der Waals surface area contributed by atoms with E-state index in [9.17, 15) is 22.8 Å². The number of ketones is 1. The lowest BCUT2D eigenvalue weighted by molar-refractivity contribution is -0.128. The van der Waals surface area contributed by atoms with Crippen molar-refractivity contribution in [2.45, 2.75) is 49.0 Å². The van der Waals surface area contributed by atoms with Crippen LogP contribution in [0.4, 0.5) is 0 Å². The number of nitrogens with zero attached hydrogens (tertiary/aromatic N) is 1. The molecule has 3 atom stereocenters. The third kappa shape index (κ3) is 5.33. The van der Waals surface area contributed by atoms with Gasteiger partial charge in [-0.15, -0.1) is 0 Å². The average Bonchev–Trinajstić information content (AvgIpc) is 2.82. The number of pyridine rings is 1. The van der Waals surface area contributed by atoms with Crippen LogP contribution < -0.4 is 16.4 Å². The lowest BCUT2D eigenvalue weighted by atomic mass is 10.0. The van der Waals surface area contributed by atoms with Crippen LogP contribution in [0.2, 0.25) is 0 Å². The van der Waals surface area contributed by atoms with E-state index in [4.69, 9.17) is 5.73 Å². The van der Waals surface area contributed by atoms with Crippen LogP contribution in [0.25, 0.3) is 0 Å². The number of Topliss-reactive ketones (excluding diaryl/α,β-unsaturated/α-hetero) is 1. The summed E-state index contributed by atoms with van der Waals surface area (Å²) in [5.74, 6) is -2.00. The number of sulfone groups is 1. The second-order valence-corrected chi connectivity index (χ2v) is 8.53. The molecular formula is C17H24N4O5S. The summed E-state index contributed by atoms with van der Waals surface area (Å²) < 4.78 is 25.5. The molecule has 1 saturated heterocycles. The minimum Gasteiger partial charge on any atom is -0.369 e. The average molecular weight is 396 g/mol. The second kappa shape index (κ2) is 9.05. The van der Waals surface area contributed by atoms with Crippen LogP contribution >= 0.6 is 0 Å². The molecule has 1 aromatic heterocycles. The molecule has 1 fully saturated rings. The summed E-state index contributed by atoms with van der Waals surface area (Å²) in [6, 6.07) is 3.52. The minimum absolute atomic E-state index is 0.0268. The molecule has 0 radical (unpaired) electrons. The Morgan fingerprint density at radius 1 is 1.41 bits per heavy atom. The largest absolute Gasteiger partial charge is 0.369 e. The number of carbonyl (C=O) groups excluding carboxylic acids is 3. The van der Waals surface area contributed by atoms with Crippen LogP contribution in [0, 0.1) is 5.92 Å². The van der Waals surface area contributed by atoms with Crippen LogP contribution in [0.5, 0.6) is 0 Å². The molecule has 10 heteroatoms. The van der Waals surface area contributed by atoms with Crippen LogP contribution in [-0.4, -0.2) is 49.0 Å². The molecule has 2 unspecified atom stereocenters. The van der Waals surface area contributed by atoms with Crippen molar-refractivity contribution in [1.29, 1.82) is 0 Å². The van der Waals surface area contributed by atoms with Crippen LogP contribution in [0.1, 0.15) is 32.6 Å². The van der Waals surface area contributed by atoms with Gasteiger partial charge in [-0.05, 0) is 37.9 Å². The van der Waals surface area contributed by atoms with Gasteiger partial charge in [-0.3, -0.25) is 19.7 Å². The number of carbonyl (C=O) groups is 3. The third-order valence-electron chi connectivity index (χ3n) is 4.47. The van der Waals surface area contributed by atoms with E-state index in [2.05, 4.69) is 15.6 Å². The van der Waals surface area contributed by atoms with E-state index in [1.807, 2.05) is 0 Å². The molecule has 0 saturated carbocycles. The molecule has 0 spiro atoms. The molecule has 1 aliphatic rings. The zero-order chi connectivity index (χ0) is 20.0. The number of primary amides is 1. The van der Waals surface area contributed by atoms with E-state index in [1.54, 1.807) is 13.0 Å². The van der Waals surface area contributed by atoms with Gasteiger partial charge < -0.3 is 11.1 Å². The Morgan fingerprint density at radius 3 is 2.78 bits per heavy atom. The van der Waals surface area contributed by atoms with Gasteiger partial charge in [0.25, 0.3) is 0 Å². The number of nitrogens with two attached hydrogens (primary N) is 1. The van der Waals surface area contributed by atoms with E-state index in [0.717, 1.165) is 0 Å². The molecule has 4 N–H and O–H groups in total. The van der Waals surface area contributed by atoms with Gasteiger partial charge in [-0.25, -0.2) is 13.4 Å². The van der Waals surface area contributed by atoms with Gasteiger partial charge in [-0.2, -0.15) is 0 Å². The normalized spacial score (nSPS) is 21.9. The van der Waals surface area contributed by atoms with Gasteiger partial charge in [0.1, 0.15) is 0 Å². The smallest absolute Gasteiger partial charge is 0.220 e. The van der Waals surface area contributed by atoms with Crippen molar-refractivity contribution in [2.24, 2.45) is 11.7 Å². The molecule has 1 aliphatic heterocycles. The fourth-order valence-electron chi connectivity index (χ4n) is 2.76. The highest BCUT2D eigenvalue weighted by molar-refractivity contribution is 7.92. The topological polar surface area (TPSA) is 148 Å². The van der Waals surface area contributed by atoms with E-state index in [-0.39, 0.29) is 17.9 Å². The van der Waals surface area contributed by atoms with Crippen molar-refractivity contribution in [1.82, 2.24) is 15.6 Å². The highest BCUT2D eigenvalue weighted by atomic mass is 32.2. The molecule has 148 valence electrons.